The molecule has 1 heteroatoms. The van der Waals surface area contributed by atoms with Crippen LogP contribution in [0.5, 0.6) is 0 Å². The van der Waals surface area contributed by atoms with Gasteiger partial charge in [-0.1, -0.05) is 70.2 Å². The molecule has 22 heavy (non-hydrogen) atoms. The quantitative estimate of drug-likeness (QED) is 0.621. The van der Waals surface area contributed by atoms with E-state index in [9.17, 15) is 4.39 Å². The van der Waals surface area contributed by atoms with Gasteiger partial charge in [0.1, 0.15) is 5.82 Å². The summed E-state index contributed by atoms with van der Waals surface area (Å²) in [6.45, 7) is 9.12. The molecule has 0 saturated carbocycles. The average Bonchev–Trinajstić information content (AvgIpc) is 2.48. The Morgan fingerprint density at radius 3 is 2.14 bits per heavy atom. The number of hydrogen-bond donors (Lipinski definition) is 0. The molecular weight excluding hydrogens is 271 g/mol. The van der Waals surface area contributed by atoms with Crippen LogP contribution in [0.1, 0.15) is 56.7 Å². The molecule has 1 atom stereocenters. The van der Waals surface area contributed by atoms with E-state index in [2.05, 4.69) is 52.0 Å². The van der Waals surface area contributed by atoms with Crippen molar-refractivity contribution in [3.63, 3.8) is 0 Å². The molecule has 2 aromatic rings. The molecule has 0 amide bonds. The molecule has 0 aromatic heterocycles. The third-order valence-electron chi connectivity index (χ3n) is 4.65. The standard InChI is InChI=1S/C21H27F/c1-16(21(2,3)4)18-14-12-17(13-15-18)8-7-10-19-9-5-6-11-20(19)22/h5-6,9,11-16H,7-8,10H2,1-4H3. The molecule has 0 aliphatic heterocycles. The Morgan fingerprint density at radius 1 is 0.909 bits per heavy atom. The molecule has 0 bridgehead atoms. The number of halogens is 1. The van der Waals surface area contributed by atoms with Crippen LogP contribution in [0, 0.1) is 11.2 Å². The molecule has 0 saturated heterocycles. The molecule has 0 radical (unpaired) electrons. The van der Waals surface area contributed by atoms with E-state index in [0.29, 0.717) is 5.92 Å². The van der Waals surface area contributed by atoms with Gasteiger partial charge in [0.2, 0.25) is 0 Å². The fourth-order valence-electron chi connectivity index (χ4n) is 2.66. The smallest absolute Gasteiger partial charge is 0.126 e. The molecule has 0 aliphatic rings. The number of benzene rings is 2. The Kier molecular flexibility index (Phi) is 5.39. The van der Waals surface area contributed by atoms with Crippen LogP contribution >= 0.6 is 0 Å². The van der Waals surface area contributed by atoms with Gasteiger partial charge in [0, 0.05) is 0 Å². The highest BCUT2D eigenvalue weighted by atomic mass is 19.1. The lowest BCUT2D eigenvalue weighted by atomic mass is 9.78. The van der Waals surface area contributed by atoms with Crippen LogP contribution in [0.25, 0.3) is 0 Å². The molecule has 0 heterocycles. The summed E-state index contributed by atoms with van der Waals surface area (Å²) in [6, 6.07) is 16.0. The van der Waals surface area contributed by atoms with Crippen molar-refractivity contribution in [3.05, 3.63) is 71.0 Å². The molecule has 2 aromatic carbocycles. The lowest BCUT2D eigenvalue weighted by molar-refractivity contribution is 0.339. The van der Waals surface area contributed by atoms with Crippen molar-refractivity contribution in [1.29, 1.82) is 0 Å². The van der Waals surface area contributed by atoms with E-state index in [1.165, 1.54) is 17.2 Å². The summed E-state index contributed by atoms with van der Waals surface area (Å²) in [7, 11) is 0. The van der Waals surface area contributed by atoms with Crippen LogP contribution in [-0.4, -0.2) is 0 Å². The van der Waals surface area contributed by atoms with E-state index in [1.807, 2.05) is 12.1 Å². The Labute approximate surface area is 134 Å². The molecule has 0 nitrogen and oxygen atoms in total. The van der Waals surface area contributed by atoms with Crippen LogP contribution < -0.4 is 0 Å². The van der Waals surface area contributed by atoms with E-state index in [4.69, 9.17) is 0 Å². The molecule has 2 rings (SSSR count). The summed E-state index contributed by atoms with van der Waals surface area (Å²) in [5.74, 6) is 0.455. The highest BCUT2D eigenvalue weighted by Gasteiger charge is 2.21. The predicted octanol–water partition coefficient (Wildman–Crippen LogP) is 6.15. The minimum absolute atomic E-state index is 0.0863. The van der Waals surface area contributed by atoms with Crippen LogP contribution in [-0.2, 0) is 12.8 Å². The van der Waals surface area contributed by atoms with Crippen molar-refractivity contribution in [1.82, 2.24) is 0 Å². The van der Waals surface area contributed by atoms with Gasteiger partial charge in [0.05, 0.1) is 0 Å². The Hall–Kier alpha value is -1.63. The van der Waals surface area contributed by atoms with Gasteiger partial charge in [0.15, 0.2) is 0 Å². The van der Waals surface area contributed by atoms with Crippen molar-refractivity contribution in [2.45, 2.75) is 52.9 Å². The van der Waals surface area contributed by atoms with Gasteiger partial charge in [0.25, 0.3) is 0 Å². The minimum Gasteiger partial charge on any atom is -0.207 e. The Morgan fingerprint density at radius 2 is 1.55 bits per heavy atom. The fourth-order valence-corrected chi connectivity index (χ4v) is 2.66. The molecule has 0 fully saturated rings. The van der Waals surface area contributed by atoms with Crippen molar-refractivity contribution in [2.24, 2.45) is 5.41 Å². The second kappa shape index (κ2) is 7.09. The summed E-state index contributed by atoms with van der Waals surface area (Å²) in [5.41, 5.74) is 3.83. The van der Waals surface area contributed by atoms with E-state index in [0.717, 1.165) is 24.8 Å². The van der Waals surface area contributed by atoms with E-state index in [-0.39, 0.29) is 11.2 Å². The van der Waals surface area contributed by atoms with Gasteiger partial charge in [-0.3, -0.25) is 0 Å². The van der Waals surface area contributed by atoms with Gasteiger partial charge >= 0.3 is 0 Å². The van der Waals surface area contributed by atoms with Crippen LogP contribution in [0.2, 0.25) is 0 Å². The van der Waals surface area contributed by atoms with Crippen LogP contribution in [0.4, 0.5) is 4.39 Å². The SMILES string of the molecule is CC(c1ccc(CCCc2ccccc2F)cc1)C(C)(C)C. The van der Waals surface area contributed by atoms with Crippen molar-refractivity contribution >= 4 is 0 Å². The highest BCUT2D eigenvalue weighted by Crippen LogP contribution is 2.34. The van der Waals surface area contributed by atoms with Gasteiger partial charge in [-0.2, -0.15) is 0 Å². The zero-order valence-corrected chi connectivity index (χ0v) is 14.2. The predicted molar refractivity (Wildman–Crippen MR) is 92.7 cm³/mol. The fraction of sp³-hybridized carbons (Fsp3) is 0.429. The summed E-state index contributed by atoms with van der Waals surface area (Å²) in [6.07, 6.45) is 2.78. The molecule has 0 aliphatic carbocycles. The molecule has 0 spiro atoms. The zero-order valence-electron chi connectivity index (χ0n) is 14.2. The molecule has 1 unspecified atom stereocenters. The van der Waals surface area contributed by atoms with Crippen LogP contribution in [0.15, 0.2) is 48.5 Å². The second-order valence-corrected chi connectivity index (χ2v) is 7.27. The monoisotopic (exact) mass is 298 g/mol. The van der Waals surface area contributed by atoms with Gasteiger partial charge in [-0.15, -0.1) is 0 Å². The normalized spacial score (nSPS) is 13.1. The first-order valence-electron chi connectivity index (χ1n) is 8.20. The first kappa shape index (κ1) is 16.7. The van der Waals surface area contributed by atoms with Gasteiger partial charge < -0.3 is 0 Å². The first-order chi connectivity index (χ1) is 10.4. The Balaban J connectivity index is 1.91. The first-order valence-corrected chi connectivity index (χ1v) is 8.20. The number of rotatable bonds is 5. The van der Waals surface area contributed by atoms with Crippen LogP contribution in [0.3, 0.4) is 0 Å². The topological polar surface area (TPSA) is 0 Å². The maximum Gasteiger partial charge on any atom is 0.126 e. The van der Waals surface area contributed by atoms with Crippen molar-refractivity contribution in [2.75, 3.05) is 0 Å². The summed E-state index contributed by atoms with van der Waals surface area (Å²) >= 11 is 0. The van der Waals surface area contributed by atoms with Gasteiger partial charge in [-0.05, 0) is 53.4 Å². The number of hydrogen-bond acceptors (Lipinski definition) is 0. The summed E-state index contributed by atoms with van der Waals surface area (Å²) in [4.78, 5) is 0. The summed E-state index contributed by atoms with van der Waals surface area (Å²) in [5, 5.41) is 0. The van der Waals surface area contributed by atoms with Gasteiger partial charge in [-0.25, -0.2) is 4.39 Å². The summed E-state index contributed by atoms with van der Waals surface area (Å²) < 4.78 is 13.6. The lowest BCUT2D eigenvalue weighted by Crippen LogP contribution is -2.15. The van der Waals surface area contributed by atoms with E-state index < -0.39 is 0 Å². The van der Waals surface area contributed by atoms with E-state index >= 15 is 0 Å². The molecule has 118 valence electrons. The molecule has 0 N–H and O–H groups in total. The lowest BCUT2D eigenvalue weighted by Gasteiger charge is -2.27. The number of aryl methyl sites for hydroxylation is 2. The molecular formula is C21H27F. The zero-order chi connectivity index (χ0) is 16.2. The minimum atomic E-state index is -0.0863. The van der Waals surface area contributed by atoms with E-state index in [1.54, 1.807) is 6.07 Å². The third kappa shape index (κ3) is 4.43. The maximum absolute atomic E-state index is 13.6. The maximum atomic E-state index is 13.6. The van der Waals surface area contributed by atoms with Crippen molar-refractivity contribution < 1.29 is 4.39 Å². The highest BCUT2D eigenvalue weighted by molar-refractivity contribution is 5.26. The van der Waals surface area contributed by atoms with Crippen molar-refractivity contribution in [3.8, 4) is 0 Å². The largest absolute Gasteiger partial charge is 0.207 e. The third-order valence-corrected chi connectivity index (χ3v) is 4.65. The second-order valence-electron chi connectivity index (χ2n) is 7.27. The average molecular weight is 298 g/mol. The Bertz CT molecular complexity index is 590.